The van der Waals surface area contributed by atoms with Gasteiger partial charge in [0.1, 0.15) is 6.10 Å². The second-order valence-electron chi connectivity index (χ2n) is 6.37. The molecule has 2 rings (SSSR count). The molecule has 1 amide bonds. The Morgan fingerprint density at radius 3 is 2.88 bits per heavy atom. The number of aromatic carboxylic acids is 1. The van der Waals surface area contributed by atoms with Crippen LogP contribution in [0.5, 0.6) is 0 Å². The van der Waals surface area contributed by atoms with Gasteiger partial charge in [0.2, 0.25) is 0 Å². The lowest BCUT2D eigenvalue weighted by atomic mass is 10.0. The van der Waals surface area contributed by atoms with Crippen LogP contribution in [0, 0.1) is 0 Å². The molecule has 0 bridgehead atoms. The van der Waals surface area contributed by atoms with Crippen molar-refractivity contribution in [1.29, 1.82) is 0 Å². The highest BCUT2D eigenvalue weighted by molar-refractivity contribution is 8.01. The van der Waals surface area contributed by atoms with Crippen LogP contribution in [0.2, 0.25) is 0 Å². The number of carbonyl (C=O) groups is 2. The van der Waals surface area contributed by atoms with E-state index in [1.165, 1.54) is 28.5 Å². The van der Waals surface area contributed by atoms with Gasteiger partial charge in [-0.3, -0.25) is 4.90 Å². The van der Waals surface area contributed by atoms with Gasteiger partial charge in [-0.1, -0.05) is 23.9 Å². The van der Waals surface area contributed by atoms with Crippen molar-refractivity contribution >= 4 is 35.2 Å². The van der Waals surface area contributed by atoms with Crippen molar-refractivity contribution in [3.05, 3.63) is 23.2 Å². The number of thiazole rings is 1. The molecular weight excluding hydrogens is 364 g/mol. The van der Waals surface area contributed by atoms with Gasteiger partial charge in [0.25, 0.3) is 0 Å². The van der Waals surface area contributed by atoms with E-state index < -0.39 is 11.6 Å². The maximum atomic E-state index is 12.0. The van der Waals surface area contributed by atoms with Crippen molar-refractivity contribution in [2.45, 2.75) is 49.3 Å². The molecule has 2 atom stereocenters. The van der Waals surface area contributed by atoms with E-state index in [1.54, 1.807) is 18.7 Å². The van der Waals surface area contributed by atoms with E-state index in [1.807, 2.05) is 19.1 Å². The van der Waals surface area contributed by atoms with Gasteiger partial charge < -0.3 is 14.9 Å². The number of aromatic nitrogens is 1. The number of hydrogen-bond acceptors (Lipinski definition) is 7. The first-order chi connectivity index (χ1) is 11.7. The summed E-state index contributed by atoms with van der Waals surface area (Å²) in [5.41, 5.74) is -0.759. The smallest absolute Gasteiger partial charge is 0.410 e. The van der Waals surface area contributed by atoms with Gasteiger partial charge in [-0.15, -0.1) is 11.3 Å². The Hall–Kier alpha value is -1.58. The molecule has 1 fully saturated rings. The predicted molar refractivity (Wildman–Crippen MR) is 96.3 cm³/mol. The lowest BCUT2D eigenvalue weighted by molar-refractivity contribution is 0.0690. The number of thioether (sulfide) groups is 1. The number of aliphatic hydroxyl groups is 1. The highest BCUT2D eigenvalue weighted by Gasteiger charge is 2.37. The van der Waals surface area contributed by atoms with Crippen molar-refractivity contribution in [3.63, 3.8) is 0 Å². The SMILES string of the molecule is C[C@@H]1OC(=O)N(CCSc2nc(C(=O)O)cs2)[C@H]1C=CCC(C)(C)O. The lowest BCUT2D eigenvalue weighted by Gasteiger charge is -2.21. The van der Waals surface area contributed by atoms with Gasteiger partial charge in [0.05, 0.1) is 11.6 Å². The Labute approximate surface area is 154 Å². The maximum absolute atomic E-state index is 12.0. The molecule has 25 heavy (non-hydrogen) atoms. The zero-order chi connectivity index (χ0) is 18.6. The van der Waals surface area contributed by atoms with Crippen LogP contribution in [0.3, 0.4) is 0 Å². The topological polar surface area (TPSA) is 100.0 Å². The van der Waals surface area contributed by atoms with Crippen molar-refractivity contribution in [2.75, 3.05) is 12.3 Å². The van der Waals surface area contributed by atoms with Gasteiger partial charge in [-0.25, -0.2) is 14.6 Å². The second-order valence-corrected chi connectivity index (χ2v) is 8.57. The molecule has 1 aromatic rings. The van der Waals surface area contributed by atoms with Crippen LogP contribution in [-0.2, 0) is 4.74 Å². The van der Waals surface area contributed by atoms with Gasteiger partial charge in [-0.05, 0) is 27.2 Å². The molecule has 2 heterocycles. The van der Waals surface area contributed by atoms with Crippen LogP contribution in [0.25, 0.3) is 0 Å². The van der Waals surface area contributed by atoms with Gasteiger partial charge in [0.15, 0.2) is 10.0 Å². The first-order valence-electron chi connectivity index (χ1n) is 7.85. The number of carboxylic acids is 1. The molecular formula is C16H22N2O5S2. The van der Waals surface area contributed by atoms with E-state index in [9.17, 15) is 14.7 Å². The van der Waals surface area contributed by atoms with Gasteiger partial charge in [-0.2, -0.15) is 0 Å². The van der Waals surface area contributed by atoms with E-state index in [-0.39, 0.29) is 23.9 Å². The van der Waals surface area contributed by atoms with Crippen LogP contribution in [0.15, 0.2) is 21.9 Å². The van der Waals surface area contributed by atoms with E-state index in [0.29, 0.717) is 23.1 Å². The third kappa shape index (κ3) is 5.72. The monoisotopic (exact) mass is 386 g/mol. The molecule has 1 aliphatic rings. The van der Waals surface area contributed by atoms with Crippen molar-refractivity contribution < 1.29 is 24.5 Å². The summed E-state index contributed by atoms with van der Waals surface area (Å²) >= 11 is 2.68. The van der Waals surface area contributed by atoms with Crippen molar-refractivity contribution in [1.82, 2.24) is 9.88 Å². The van der Waals surface area contributed by atoms with Crippen LogP contribution < -0.4 is 0 Å². The molecule has 0 radical (unpaired) electrons. The molecule has 0 aliphatic carbocycles. The molecule has 2 N–H and O–H groups in total. The summed E-state index contributed by atoms with van der Waals surface area (Å²) in [6.07, 6.45) is 3.63. The minimum absolute atomic E-state index is 0.0362. The summed E-state index contributed by atoms with van der Waals surface area (Å²) in [4.78, 5) is 28.5. The average Bonchev–Trinajstić information content (AvgIpc) is 3.05. The number of nitrogens with zero attached hydrogens (tertiary/aromatic N) is 2. The number of carbonyl (C=O) groups excluding carboxylic acids is 1. The highest BCUT2D eigenvalue weighted by Crippen LogP contribution is 2.26. The van der Waals surface area contributed by atoms with Gasteiger partial charge >= 0.3 is 12.1 Å². The zero-order valence-corrected chi connectivity index (χ0v) is 16.0. The Bertz CT molecular complexity index is 653. The summed E-state index contributed by atoms with van der Waals surface area (Å²) < 4.78 is 5.94. The van der Waals surface area contributed by atoms with Crippen LogP contribution >= 0.6 is 23.1 Å². The Balaban J connectivity index is 1.91. The lowest BCUT2D eigenvalue weighted by Crippen LogP contribution is -2.36. The summed E-state index contributed by atoms with van der Waals surface area (Å²) in [6, 6.07) is -0.179. The summed E-state index contributed by atoms with van der Waals surface area (Å²) in [5.74, 6) is -0.457. The van der Waals surface area contributed by atoms with E-state index in [0.717, 1.165) is 0 Å². The Kier molecular flexibility index (Phi) is 6.47. The highest BCUT2D eigenvalue weighted by atomic mass is 32.2. The minimum Gasteiger partial charge on any atom is -0.476 e. The number of carboxylic acid groups (broad SMARTS) is 1. The van der Waals surface area contributed by atoms with E-state index >= 15 is 0 Å². The first kappa shape index (κ1) is 19.7. The quantitative estimate of drug-likeness (QED) is 0.523. The van der Waals surface area contributed by atoms with E-state index in [2.05, 4.69) is 4.98 Å². The molecule has 0 saturated carbocycles. The van der Waals surface area contributed by atoms with Crippen LogP contribution in [0.1, 0.15) is 37.7 Å². The molecule has 9 heteroatoms. The van der Waals surface area contributed by atoms with E-state index in [4.69, 9.17) is 9.84 Å². The molecule has 1 aliphatic heterocycles. The summed E-state index contributed by atoms with van der Waals surface area (Å²) in [6.45, 7) is 5.76. The third-order valence-corrected chi connectivity index (χ3v) is 5.57. The normalized spacial score (nSPS) is 21.1. The summed E-state index contributed by atoms with van der Waals surface area (Å²) in [7, 11) is 0. The number of ether oxygens (including phenoxy) is 1. The number of rotatable bonds is 8. The Morgan fingerprint density at radius 1 is 1.56 bits per heavy atom. The summed E-state index contributed by atoms with van der Waals surface area (Å²) in [5, 5.41) is 20.1. The predicted octanol–water partition coefficient (Wildman–Crippen LogP) is 2.86. The number of amides is 1. The molecule has 7 nitrogen and oxygen atoms in total. The molecule has 0 spiro atoms. The molecule has 1 aromatic heterocycles. The largest absolute Gasteiger partial charge is 0.476 e. The number of cyclic esters (lactones) is 1. The standard InChI is InChI=1S/C16H22N2O5S2/c1-10-12(5-4-6-16(2,3)22)18(15(21)23-10)7-8-24-14-17-11(9-25-14)13(19)20/h4-5,9-10,12,22H,6-8H2,1-3H3,(H,19,20)/t10-,12-/m0/s1. The Morgan fingerprint density at radius 2 is 2.28 bits per heavy atom. The molecule has 0 aromatic carbocycles. The first-order valence-corrected chi connectivity index (χ1v) is 9.72. The van der Waals surface area contributed by atoms with Crippen molar-refractivity contribution in [3.8, 4) is 0 Å². The maximum Gasteiger partial charge on any atom is 0.410 e. The average molecular weight is 386 g/mol. The van der Waals surface area contributed by atoms with Gasteiger partial charge in [0, 0.05) is 17.7 Å². The molecule has 0 unspecified atom stereocenters. The van der Waals surface area contributed by atoms with Crippen molar-refractivity contribution in [2.24, 2.45) is 0 Å². The zero-order valence-electron chi connectivity index (χ0n) is 14.3. The number of hydrogen-bond donors (Lipinski definition) is 2. The fraction of sp³-hybridized carbons (Fsp3) is 0.562. The fourth-order valence-electron chi connectivity index (χ4n) is 2.32. The third-order valence-electron chi connectivity index (χ3n) is 3.57. The fourth-order valence-corrected chi connectivity index (χ4v) is 4.13. The second kappa shape index (κ2) is 8.20. The van der Waals surface area contributed by atoms with Crippen LogP contribution in [-0.4, -0.2) is 62.2 Å². The van der Waals surface area contributed by atoms with Crippen LogP contribution in [0.4, 0.5) is 4.79 Å². The molecule has 1 saturated heterocycles. The molecule has 138 valence electrons. The minimum atomic E-state index is -1.04.